The van der Waals surface area contributed by atoms with Crippen molar-refractivity contribution in [3.8, 4) is 0 Å². The smallest absolute Gasteiger partial charge is 0.323 e. The Bertz CT molecular complexity index is 479. The van der Waals surface area contributed by atoms with Gasteiger partial charge in [0.2, 0.25) is 0 Å². The summed E-state index contributed by atoms with van der Waals surface area (Å²) in [5, 5.41) is 17.3. The number of carboxylic acids is 1. The average molecular weight is 279 g/mol. The largest absolute Gasteiger partial charge is 0.480 e. The molecule has 1 saturated carbocycles. The molecule has 5 nitrogen and oxygen atoms in total. The highest BCUT2D eigenvalue weighted by Gasteiger charge is 2.38. The van der Waals surface area contributed by atoms with Gasteiger partial charge in [-0.2, -0.15) is 5.10 Å². The summed E-state index contributed by atoms with van der Waals surface area (Å²) in [6.07, 6.45) is 4.57. The van der Waals surface area contributed by atoms with Crippen molar-refractivity contribution in [3.05, 3.63) is 17.5 Å². The summed E-state index contributed by atoms with van der Waals surface area (Å²) in [7, 11) is 0. The predicted octanol–water partition coefficient (Wildman–Crippen LogP) is 1.99. The van der Waals surface area contributed by atoms with Crippen LogP contribution < -0.4 is 5.32 Å². The van der Waals surface area contributed by atoms with Gasteiger partial charge in [-0.25, -0.2) is 0 Å². The first-order valence-electron chi connectivity index (χ1n) is 7.55. The number of nitrogens with one attached hydrogen (secondary N) is 1. The van der Waals surface area contributed by atoms with Gasteiger partial charge < -0.3 is 5.11 Å². The Balaban J connectivity index is 2.04. The van der Waals surface area contributed by atoms with Crippen LogP contribution in [0.5, 0.6) is 0 Å². The zero-order valence-electron chi connectivity index (χ0n) is 12.6. The number of aryl methyl sites for hydroxylation is 3. The van der Waals surface area contributed by atoms with Crippen LogP contribution in [-0.2, 0) is 24.2 Å². The fraction of sp³-hybridized carbons (Fsp3) is 0.733. The minimum absolute atomic E-state index is 0.380. The number of nitrogens with zero attached hydrogens (tertiary/aromatic N) is 2. The molecule has 1 unspecified atom stereocenters. The maximum absolute atomic E-state index is 11.5. The highest BCUT2D eigenvalue weighted by atomic mass is 16.4. The van der Waals surface area contributed by atoms with E-state index in [-0.39, 0.29) is 0 Å². The Kier molecular flexibility index (Phi) is 4.48. The molecule has 0 amide bonds. The molecule has 0 bridgehead atoms. The monoisotopic (exact) mass is 279 g/mol. The Morgan fingerprint density at radius 1 is 1.50 bits per heavy atom. The minimum atomic E-state index is -0.857. The molecule has 1 aliphatic rings. The maximum atomic E-state index is 11.5. The fourth-order valence-electron chi connectivity index (χ4n) is 2.41. The lowest BCUT2D eigenvalue weighted by molar-refractivity contribution is -0.144. The zero-order chi connectivity index (χ0) is 14.8. The quantitative estimate of drug-likeness (QED) is 0.763. The summed E-state index contributed by atoms with van der Waals surface area (Å²) >= 11 is 0. The van der Waals surface area contributed by atoms with E-state index in [4.69, 9.17) is 0 Å². The van der Waals surface area contributed by atoms with Gasteiger partial charge in [-0.1, -0.05) is 13.8 Å². The first-order valence-corrected chi connectivity index (χ1v) is 7.55. The van der Waals surface area contributed by atoms with Crippen molar-refractivity contribution in [1.82, 2.24) is 15.1 Å². The summed E-state index contributed by atoms with van der Waals surface area (Å²) in [6, 6.07) is 2.50. The normalized spacial score (nSPS) is 17.9. The molecule has 0 saturated heterocycles. The summed E-state index contributed by atoms with van der Waals surface area (Å²) in [4.78, 5) is 11.5. The molecule has 2 N–H and O–H groups in total. The first-order chi connectivity index (χ1) is 9.48. The SMILES string of the molecule is CCc1cc(CC)n(CCC(C)(NC2CC2)C(=O)O)n1. The van der Waals surface area contributed by atoms with Gasteiger partial charge in [0, 0.05) is 18.3 Å². The number of aliphatic carboxylic acids is 1. The third kappa shape index (κ3) is 3.39. The number of carbonyl (C=O) groups is 1. The predicted molar refractivity (Wildman–Crippen MR) is 77.8 cm³/mol. The van der Waals surface area contributed by atoms with E-state index in [9.17, 15) is 9.90 Å². The van der Waals surface area contributed by atoms with Crippen LogP contribution in [0.3, 0.4) is 0 Å². The van der Waals surface area contributed by atoms with Gasteiger partial charge in [0.1, 0.15) is 5.54 Å². The fourth-order valence-corrected chi connectivity index (χ4v) is 2.41. The van der Waals surface area contributed by atoms with E-state index in [2.05, 4.69) is 30.3 Å². The number of carboxylic acid groups (broad SMARTS) is 1. The molecule has 2 rings (SSSR count). The van der Waals surface area contributed by atoms with Gasteiger partial charge in [-0.3, -0.25) is 14.8 Å². The lowest BCUT2D eigenvalue weighted by Gasteiger charge is -2.26. The van der Waals surface area contributed by atoms with E-state index in [1.165, 1.54) is 5.69 Å². The molecule has 0 radical (unpaired) electrons. The second-order valence-electron chi connectivity index (χ2n) is 5.86. The van der Waals surface area contributed by atoms with E-state index in [0.29, 0.717) is 19.0 Å². The summed E-state index contributed by atoms with van der Waals surface area (Å²) in [5.74, 6) is -0.773. The molecule has 0 aromatic carbocycles. The van der Waals surface area contributed by atoms with Gasteiger partial charge in [0.25, 0.3) is 0 Å². The van der Waals surface area contributed by atoms with Crippen LogP contribution in [0.2, 0.25) is 0 Å². The molecule has 112 valence electrons. The van der Waals surface area contributed by atoms with E-state index >= 15 is 0 Å². The first kappa shape index (κ1) is 15.0. The summed E-state index contributed by atoms with van der Waals surface area (Å²) < 4.78 is 1.97. The van der Waals surface area contributed by atoms with Crippen molar-refractivity contribution < 1.29 is 9.90 Å². The number of aromatic nitrogens is 2. The van der Waals surface area contributed by atoms with Crippen LogP contribution >= 0.6 is 0 Å². The minimum Gasteiger partial charge on any atom is -0.480 e. The molecular weight excluding hydrogens is 254 g/mol. The number of hydrogen-bond acceptors (Lipinski definition) is 3. The zero-order valence-corrected chi connectivity index (χ0v) is 12.6. The second-order valence-corrected chi connectivity index (χ2v) is 5.86. The van der Waals surface area contributed by atoms with E-state index in [1.54, 1.807) is 6.92 Å². The molecule has 1 aliphatic carbocycles. The summed E-state index contributed by atoms with van der Waals surface area (Å²) in [5.41, 5.74) is 1.40. The lowest BCUT2D eigenvalue weighted by atomic mass is 9.97. The highest BCUT2D eigenvalue weighted by molar-refractivity contribution is 5.78. The highest BCUT2D eigenvalue weighted by Crippen LogP contribution is 2.25. The Hall–Kier alpha value is -1.36. The van der Waals surface area contributed by atoms with E-state index < -0.39 is 11.5 Å². The topological polar surface area (TPSA) is 67.2 Å². The second kappa shape index (κ2) is 5.95. The van der Waals surface area contributed by atoms with Crippen LogP contribution in [0.25, 0.3) is 0 Å². The Morgan fingerprint density at radius 2 is 2.20 bits per heavy atom. The van der Waals surface area contributed by atoms with Crippen molar-refractivity contribution in [2.75, 3.05) is 0 Å². The summed E-state index contributed by atoms with van der Waals surface area (Å²) in [6.45, 7) is 6.61. The molecule has 0 spiro atoms. The number of hydrogen-bond donors (Lipinski definition) is 2. The maximum Gasteiger partial charge on any atom is 0.323 e. The average Bonchev–Trinajstić information content (AvgIpc) is 3.13. The van der Waals surface area contributed by atoms with E-state index in [0.717, 1.165) is 31.4 Å². The molecular formula is C15H25N3O2. The van der Waals surface area contributed by atoms with Crippen molar-refractivity contribution >= 4 is 5.97 Å². The van der Waals surface area contributed by atoms with Gasteiger partial charge in [0.15, 0.2) is 0 Å². The molecule has 1 aromatic heterocycles. The van der Waals surface area contributed by atoms with Crippen molar-refractivity contribution in [2.45, 2.75) is 71.0 Å². The molecule has 1 fully saturated rings. The van der Waals surface area contributed by atoms with Gasteiger partial charge in [0.05, 0.1) is 5.69 Å². The lowest BCUT2D eigenvalue weighted by Crippen LogP contribution is -2.51. The van der Waals surface area contributed by atoms with Crippen molar-refractivity contribution in [1.29, 1.82) is 0 Å². The van der Waals surface area contributed by atoms with Gasteiger partial charge in [-0.15, -0.1) is 0 Å². The molecule has 0 aliphatic heterocycles. The van der Waals surface area contributed by atoms with Crippen LogP contribution in [-0.4, -0.2) is 32.4 Å². The van der Waals surface area contributed by atoms with E-state index in [1.807, 2.05) is 4.68 Å². The standard InChI is InChI=1S/C15H25N3O2/c1-4-11-10-13(5-2)18(17-11)9-8-15(3,14(19)20)16-12-6-7-12/h10,12,16H,4-9H2,1-3H3,(H,19,20). The van der Waals surface area contributed by atoms with Crippen LogP contribution in [0, 0.1) is 0 Å². The third-order valence-corrected chi connectivity index (χ3v) is 4.03. The van der Waals surface area contributed by atoms with Crippen molar-refractivity contribution in [2.24, 2.45) is 0 Å². The third-order valence-electron chi connectivity index (χ3n) is 4.03. The van der Waals surface area contributed by atoms with Crippen LogP contribution in [0.1, 0.15) is 51.4 Å². The van der Waals surface area contributed by atoms with Gasteiger partial charge in [-0.05, 0) is 45.1 Å². The Morgan fingerprint density at radius 3 is 2.70 bits per heavy atom. The van der Waals surface area contributed by atoms with Crippen LogP contribution in [0.15, 0.2) is 6.07 Å². The molecule has 5 heteroatoms. The number of rotatable bonds is 8. The molecule has 1 aromatic rings. The van der Waals surface area contributed by atoms with Crippen LogP contribution in [0.4, 0.5) is 0 Å². The molecule has 1 atom stereocenters. The molecule has 1 heterocycles. The van der Waals surface area contributed by atoms with Crippen molar-refractivity contribution in [3.63, 3.8) is 0 Å². The molecule has 20 heavy (non-hydrogen) atoms. The Labute approximate surface area is 120 Å². The van der Waals surface area contributed by atoms with Gasteiger partial charge >= 0.3 is 5.97 Å².